The fourth-order valence-electron chi connectivity index (χ4n) is 3.45. The quantitative estimate of drug-likeness (QED) is 0.305. The number of carbonyl (C=O) groups is 1. The van der Waals surface area contributed by atoms with Crippen molar-refractivity contribution in [2.24, 2.45) is 10.2 Å². The second-order valence-corrected chi connectivity index (χ2v) is 8.20. The molecule has 0 bridgehead atoms. The molecule has 1 aromatic heterocycles. The first-order chi connectivity index (χ1) is 14.8. The number of hydrogen-bond donors (Lipinski definition) is 1. The zero-order valence-corrected chi connectivity index (χ0v) is 19.1. The average molecular weight is 442 g/mol. The van der Waals surface area contributed by atoms with Crippen LogP contribution in [0, 0.1) is 13.8 Å². The second-order valence-electron chi connectivity index (χ2n) is 7.76. The number of azo groups is 1. The largest absolute Gasteiger partial charge is 0.493 e. The maximum absolute atomic E-state index is 12.5. The molecule has 0 saturated carbocycles. The zero-order chi connectivity index (χ0) is 22.5. The van der Waals surface area contributed by atoms with Crippen LogP contribution in [0.25, 0.3) is 10.9 Å². The van der Waals surface area contributed by atoms with E-state index in [9.17, 15) is 9.90 Å². The van der Waals surface area contributed by atoms with Gasteiger partial charge >= 0.3 is 5.91 Å². The van der Waals surface area contributed by atoms with E-state index in [0.29, 0.717) is 23.0 Å². The van der Waals surface area contributed by atoms with Crippen LogP contribution in [0.2, 0.25) is 5.02 Å². The van der Waals surface area contributed by atoms with Crippen LogP contribution >= 0.6 is 11.6 Å². The van der Waals surface area contributed by atoms with Crippen molar-refractivity contribution in [3.63, 3.8) is 0 Å². The fraction of sp³-hybridized carbons (Fsp3) is 0.375. The Bertz CT molecular complexity index is 1120. The minimum absolute atomic E-state index is 0.0235. The predicted octanol–water partition coefficient (Wildman–Crippen LogP) is 6.89. The number of aromatic hydroxyl groups is 1. The van der Waals surface area contributed by atoms with Crippen LogP contribution < -0.4 is 4.74 Å². The van der Waals surface area contributed by atoms with Crippen LogP contribution in [0.3, 0.4) is 0 Å². The number of aryl methyl sites for hydroxylation is 3. The van der Waals surface area contributed by atoms with E-state index >= 15 is 0 Å². The molecule has 1 heterocycles. The van der Waals surface area contributed by atoms with Crippen LogP contribution in [0.15, 0.2) is 46.6 Å². The van der Waals surface area contributed by atoms with Gasteiger partial charge in [0, 0.05) is 17.0 Å². The summed E-state index contributed by atoms with van der Waals surface area (Å²) in [7, 11) is 0. The van der Waals surface area contributed by atoms with Crippen LogP contribution in [-0.2, 0) is 11.3 Å². The van der Waals surface area contributed by atoms with Gasteiger partial charge in [0.05, 0.1) is 5.52 Å². The minimum Gasteiger partial charge on any atom is -0.493 e. The number of halogens is 1. The van der Waals surface area contributed by atoms with E-state index in [-0.39, 0.29) is 5.88 Å². The maximum Gasteiger partial charge on any atom is 0.304 e. The molecule has 0 aliphatic carbocycles. The van der Waals surface area contributed by atoms with Crippen LogP contribution in [0.1, 0.15) is 44.2 Å². The topological polar surface area (TPSA) is 76.2 Å². The SMILES string of the molecule is CCCCCn1c(O)c(N=NC(=O)C(C)Oc2ccc(Cl)cc2C)c2cc(C)ccc21. The molecule has 0 radical (unpaired) electrons. The summed E-state index contributed by atoms with van der Waals surface area (Å²) >= 11 is 5.97. The van der Waals surface area contributed by atoms with Crippen molar-refractivity contribution in [3.8, 4) is 11.6 Å². The van der Waals surface area contributed by atoms with E-state index in [0.717, 1.165) is 41.3 Å². The third kappa shape index (κ3) is 5.25. The molecule has 2 aromatic carbocycles. The Balaban J connectivity index is 1.84. The number of unbranched alkanes of at least 4 members (excludes halogenated alkanes) is 2. The van der Waals surface area contributed by atoms with Gasteiger partial charge in [-0.2, -0.15) is 0 Å². The Morgan fingerprint density at radius 2 is 1.97 bits per heavy atom. The molecule has 0 fully saturated rings. The molecule has 1 amide bonds. The third-order valence-electron chi connectivity index (χ3n) is 5.19. The first kappa shape index (κ1) is 22.8. The van der Waals surface area contributed by atoms with E-state index in [1.54, 1.807) is 25.1 Å². The number of rotatable bonds is 8. The van der Waals surface area contributed by atoms with Gasteiger partial charge in [-0.3, -0.25) is 4.79 Å². The monoisotopic (exact) mass is 441 g/mol. The molecule has 0 aliphatic heterocycles. The van der Waals surface area contributed by atoms with Crippen LogP contribution in [-0.4, -0.2) is 21.7 Å². The summed E-state index contributed by atoms with van der Waals surface area (Å²) in [4.78, 5) is 12.5. The first-order valence-electron chi connectivity index (χ1n) is 10.5. The van der Waals surface area contributed by atoms with Gasteiger partial charge in [-0.05, 0) is 63.1 Å². The molecule has 3 aromatic rings. The van der Waals surface area contributed by atoms with Gasteiger partial charge in [-0.1, -0.05) is 43.0 Å². The van der Waals surface area contributed by atoms with Crippen molar-refractivity contribution in [3.05, 3.63) is 52.5 Å². The first-order valence-corrected chi connectivity index (χ1v) is 10.9. The van der Waals surface area contributed by atoms with Gasteiger partial charge in [0.1, 0.15) is 5.75 Å². The second kappa shape index (κ2) is 9.96. The van der Waals surface area contributed by atoms with Gasteiger partial charge in [0.25, 0.3) is 0 Å². The number of carbonyl (C=O) groups excluding carboxylic acids is 1. The molecule has 1 unspecified atom stereocenters. The average Bonchev–Trinajstić information content (AvgIpc) is 2.98. The number of amides is 1. The molecule has 3 rings (SSSR count). The summed E-state index contributed by atoms with van der Waals surface area (Å²) in [6.07, 6.45) is 2.28. The van der Waals surface area contributed by atoms with Gasteiger partial charge in [0.2, 0.25) is 5.88 Å². The molecule has 0 saturated heterocycles. The molecule has 1 N–H and O–H groups in total. The van der Waals surface area contributed by atoms with Crippen LogP contribution in [0.5, 0.6) is 11.6 Å². The highest BCUT2D eigenvalue weighted by molar-refractivity contribution is 6.30. The van der Waals surface area contributed by atoms with E-state index in [2.05, 4.69) is 17.2 Å². The predicted molar refractivity (Wildman–Crippen MR) is 124 cm³/mol. The zero-order valence-electron chi connectivity index (χ0n) is 18.4. The molecule has 0 spiro atoms. The van der Waals surface area contributed by atoms with Crippen molar-refractivity contribution in [1.29, 1.82) is 0 Å². The lowest BCUT2D eigenvalue weighted by Crippen LogP contribution is -2.21. The Kier molecular flexibility index (Phi) is 7.33. The summed E-state index contributed by atoms with van der Waals surface area (Å²) in [5.41, 5.74) is 3.04. The van der Waals surface area contributed by atoms with Gasteiger partial charge in [-0.25, -0.2) is 0 Å². The van der Waals surface area contributed by atoms with Gasteiger partial charge in [0.15, 0.2) is 11.8 Å². The summed E-state index contributed by atoms with van der Waals surface area (Å²) in [6.45, 7) is 8.26. The highest BCUT2D eigenvalue weighted by Gasteiger charge is 2.19. The van der Waals surface area contributed by atoms with Crippen molar-refractivity contribution in [2.75, 3.05) is 0 Å². The molecule has 6 nitrogen and oxygen atoms in total. The minimum atomic E-state index is -0.828. The maximum atomic E-state index is 12.5. The van der Waals surface area contributed by atoms with E-state index < -0.39 is 12.0 Å². The fourth-order valence-corrected chi connectivity index (χ4v) is 3.68. The summed E-state index contributed by atoms with van der Waals surface area (Å²) in [5, 5.41) is 20.2. The number of benzene rings is 2. The number of ether oxygens (including phenoxy) is 1. The standard InChI is InChI=1S/C24H28ClN3O3/c1-5-6-7-12-28-20-10-8-15(2)13-19(20)22(24(28)30)26-27-23(29)17(4)31-21-11-9-18(25)14-16(21)3/h8-11,13-14,17,30H,5-7,12H2,1-4H3. The van der Waals surface area contributed by atoms with E-state index in [1.165, 1.54) is 0 Å². The van der Waals surface area contributed by atoms with Crippen molar-refractivity contribution in [2.45, 2.75) is 59.6 Å². The smallest absolute Gasteiger partial charge is 0.304 e. The molecule has 31 heavy (non-hydrogen) atoms. The summed E-state index contributed by atoms with van der Waals surface area (Å²) in [6, 6.07) is 11.1. The molecular formula is C24H28ClN3O3. The summed E-state index contributed by atoms with van der Waals surface area (Å²) < 4.78 is 7.56. The van der Waals surface area contributed by atoms with Crippen molar-refractivity contribution >= 4 is 34.1 Å². The van der Waals surface area contributed by atoms with Gasteiger partial charge in [-0.15, -0.1) is 10.2 Å². The molecular weight excluding hydrogens is 414 g/mol. The Morgan fingerprint density at radius 1 is 1.19 bits per heavy atom. The Hall–Kier alpha value is -2.86. The van der Waals surface area contributed by atoms with Crippen molar-refractivity contribution < 1.29 is 14.6 Å². The molecule has 1 atom stereocenters. The highest BCUT2D eigenvalue weighted by atomic mass is 35.5. The molecule has 7 heteroatoms. The molecule has 0 aliphatic rings. The lowest BCUT2D eigenvalue weighted by molar-refractivity contribution is -0.124. The van der Waals surface area contributed by atoms with Gasteiger partial charge < -0.3 is 14.4 Å². The lowest BCUT2D eigenvalue weighted by Gasteiger charge is -2.13. The number of fused-ring (bicyclic) bond motifs is 1. The van der Waals surface area contributed by atoms with E-state index in [4.69, 9.17) is 16.3 Å². The van der Waals surface area contributed by atoms with Crippen molar-refractivity contribution in [1.82, 2.24) is 4.57 Å². The normalized spacial score (nSPS) is 12.5. The number of nitrogens with zero attached hydrogens (tertiary/aromatic N) is 3. The Labute approximate surface area is 187 Å². The number of hydrogen-bond acceptors (Lipinski definition) is 4. The number of aromatic nitrogens is 1. The lowest BCUT2D eigenvalue weighted by atomic mass is 10.1. The van der Waals surface area contributed by atoms with Crippen LogP contribution in [0.4, 0.5) is 5.69 Å². The van der Waals surface area contributed by atoms with E-state index in [1.807, 2.05) is 36.6 Å². The summed E-state index contributed by atoms with van der Waals surface area (Å²) in [5.74, 6) is 0.0510. The Morgan fingerprint density at radius 3 is 2.68 bits per heavy atom. The third-order valence-corrected chi connectivity index (χ3v) is 5.42. The highest BCUT2D eigenvalue weighted by Crippen LogP contribution is 2.39. The molecule has 164 valence electrons.